The fraction of sp³-hybridized carbons (Fsp3) is 0.727. The van der Waals surface area contributed by atoms with Crippen molar-refractivity contribution in [1.82, 2.24) is 14.0 Å². The molecule has 0 amide bonds. The molecule has 1 aliphatic heterocycles. The molecule has 0 radical (unpaired) electrons. The zero-order chi connectivity index (χ0) is 13.9. The van der Waals surface area contributed by atoms with Gasteiger partial charge in [0.15, 0.2) is 0 Å². The van der Waals surface area contributed by atoms with Crippen LogP contribution < -0.4 is 4.72 Å². The summed E-state index contributed by atoms with van der Waals surface area (Å²) in [5.74, 6) is 0.0480. The van der Waals surface area contributed by atoms with E-state index in [0.717, 1.165) is 23.5 Å². The highest BCUT2D eigenvalue weighted by molar-refractivity contribution is 7.87. The highest BCUT2D eigenvalue weighted by Crippen LogP contribution is 2.18. The standard InChI is InChI=1S/C11H19N3O3S2/c1-9-13-11(8-18-9)5-12-19(16,17)14-4-2-3-10(6-14)7-15/h8,10,12,15H,2-7H2,1H3. The third-order valence-corrected chi connectivity index (χ3v) is 5.53. The van der Waals surface area contributed by atoms with E-state index < -0.39 is 10.2 Å². The summed E-state index contributed by atoms with van der Waals surface area (Å²) in [5.41, 5.74) is 0.738. The van der Waals surface area contributed by atoms with Crippen LogP contribution in [-0.2, 0) is 16.8 Å². The van der Waals surface area contributed by atoms with Crippen LogP contribution in [0.2, 0.25) is 0 Å². The van der Waals surface area contributed by atoms with E-state index in [1.165, 1.54) is 15.6 Å². The minimum atomic E-state index is -3.48. The monoisotopic (exact) mass is 305 g/mol. The average Bonchev–Trinajstić information content (AvgIpc) is 2.82. The summed E-state index contributed by atoms with van der Waals surface area (Å²) in [6, 6.07) is 0. The normalized spacial score (nSPS) is 21.7. The van der Waals surface area contributed by atoms with Crippen LogP contribution in [0.3, 0.4) is 0 Å². The number of nitrogens with zero attached hydrogens (tertiary/aromatic N) is 2. The Kier molecular flexibility index (Phi) is 4.91. The van der Waals surface area contributed by atoms with Gasteiger partial charge >= 0.3 is 0 Å². The number of nitrogens with one attached hydrogen (secondary N) is 1. The fourth-order valence-electron chi connectivity index (χ4n) is 2.14. The van der Waals surface area contributed by atoms with E-state index in [1.807, 2.05) is 12.3 Å². The van der Waals surface area contributed by atoms with Crippen molar-refractivity contribution < 1.29 is 13.5 Å². The predicted octanol–water partition coefficient (Wildman–Crippen LogP) is 0.490. The van der Waals surface area contributed by atoms with E-state index >= 15 is 0 Å². The lowest BCUT2D eigenvalue weighted by molar-refractivity contribution is 0.164. The zero-order valence-corrected chi connectivity index (χ0v) is 12.5. The van der Waals surface area contributed by atoms with Gasteiger partial charge in [0.2, 0.25) is 0 Å². The number of piperidine rings is 1. The molecule has 1 atom stereocenters. The molecule has 0 spiro atoms. The molecule has 1 unspecified atom stereocenters. The van der Waals surface area contributed by atoms with Gasteiger partial charge < -0.3 is 5.11 Å². The van der Waals surface area contributed by atoms with Crippen LogP contribution >= 0.6 is 11.3 Å². The number of hydrogen-bond acceptors (Lipinski definition) is 5. The van der Waals surface area contributed by atoms with Crippen LogP contribution in [0, 0.1) is 12.8 Å². The van der Waals surface area contributed by atoms with Crippen molar-refractivity contribution in [2.24, 2.45) is 5.92 Å². The van der Waals surface area contributed by atoms with E-state index in [-0.39, 0.29) is 19.1 Å². The first-order valence-corrected chi connectivity index (χ1v) is 8.60. The number of rotatable bonds is 5. The van der Waals surface area contributed by atoms with Gasteiger partial charge in [0, 0.05) is 25.1 Å². The molecular formula is C11H19N3O3S2. The van der Waals surface area contributed by atoms with Crippen molar-refractivity contribution in [2.45, 2.75) is 26.3 Å². The van der Waals surface area contributed by atoms with Crippen molar-refractivity contribution in [1.29, 1.82) is 0 Å². The molecule has 8 heteroatoms. The summed E-state index contributed by atoms with van der Waals surface area (Å²) < 4.78 is 28.2. The van der Waals surface area contributed by atoms with E-state index in [0.29, 0.717) is 13.1 Å². The van der Waals surface area contributed by atoms with Crippen LogP contribution in [0.1, 0.15) is 23.5 Å². The zero-order valence-electron chi connectivity index (χ0n) is 10.9. The van der Waals surface area contributed by atoms with Crippen molar-refractivity contribution in [3.8, 4) is 0 Å². The van der Waals surface area contributed by atoms with Gasteiger partial charge in [-0.15, -0.1) is 11.3 Å². The second-order valence-electron chi connectivity index (χ2n) is 4.73. The second-order valence-corrected chi connectivity index (χ2v) is 7.55. The summed E-state index contributed by atoms with van der Waals surface area (Å²) in [6.07, 6.45) is 1.68. The third-order valence-electron chi connectivity index (χ3n) is 3.18. The predicted molar refractivity (Wildman–Crippen MR) is 74.0 cm³/mol. The van der Waals surface area contributed by atoms with Gasteiger partial charge in [0.1, 0.15) is 0 Å². The maximum Gasteiger partial charge on any atom is 0.279 e. The highest BCUT2D eigenvalue weighted by Gasteiger charge is 2.28. The van der Waals surface area contributed by atoms with E-state index in [1.54, 1.807) is 0 Å². The molecule has 6 nitrogen and oxygen atoms in total. The second kappa shape index (κ2) is 6.27. The lowest BCUT2D eigenvalue weighted by atomic mass is 10.0. The Balaban J connectivity index is 1.94. The van der Waals surface area contributed by atoms with Crippen molar-refractivity contribution in [3.63, 3.8) is 0 Å². The number of aromatic nitrogens is 1. The van der Waals surface area contributed by atoms with Gasteiger partial charge in [-0.25, -0.2) is 4.98 Å². The van der Waals surface area contributed by atoms with Crippen molar-refractivity contribution in [2.75, 3.05) is 19.7 Å². The first kappa shape index (κ1) is 14.9. The lowest BCUT2D eigenvalue weighted by Crippen LogP contribution is -2.46. The Morgan fingerprint density at radius 1 is 1.63 bits per heavy atom. The molecule has 108 valence electrons. The fourth-order valence-corrected chi connectivity index (χ4v) is 4.04. The van der Waals surface area contributed by atoms with E-state index in [9.17, 15) is 8.42 Å². The Hall–Kier alpha value is -0.540. The van der Waals surface area contributed by atoms with E-state index in [4.69, 9.17) is 5.11 Å². The maximum atomic E-state index is 12.1. The minimum absolute atomic E-state index is 0.0390. The Morgan fingerprint density at radius 3 is 3.05 bits per heavy atom. The number of aryl methyl sites for hydroxylation is 1. The molecule has 1 saturated heterocycles. The van der Waals surface area contributed by atoms with Gasteiger partial charge in [-0.1, -0.05) is 0 Å². The molecule has 1 aliphatic rings. The van der Waals surface area contributed by atoms with Gasteiger partial charge in [-0.05, 0) is 25.7 Å². The molecule has 1 fully saturated rings. The Bertz CT molecular complexity index is 515. The summed E-state index contributed by atoms with van der Waals surface area (Å²) in [7, 11) is -3.48. The highest BCUT2D eigenvalue weighted by atomic mass is 32.2. The van der Waals surface area contributed by atoms with Gasteiger partial charge in [-0.3, -0.25) is 0 Å². The average molecular weight is 305 g/mol. The van der Waals surface area contributed by atoms with Crippen molar-refractivity contribution in [3.05, 3.63) is 16.1 Å². The van der Waals surface area contributed by atoms with Crippen LogP contribution in [0.4, 0.5) is 0 Å². The van der Waals surface area contributed by atoms with Crippen molar-refractivity contribution >= 4 is 21.5 Å². The Morgan fingerprint density at radius 2 is 2.42 bits per heavy atom. The maximum absolute atomic E-state index is 12.1. The van der Waals surface area contributed by atoms with Crippen LogP contribution in [-0.4, -0.2) is 42.5 Å². The minimum Gasteiger partial charge on any atom is -0.396 e. The molecule has 0 saturated carbocycles. The van der Waals surface area contributed by atoms with Gasteiger partial charge in [-0.2, -0.15) is 17.4 Å². The molecule has 0 aromatic carbocycles. The summed E-state index contributed by atoms with van der Waals surface area (Å²) >= 11 is 1.50. The van der Waals surface area contributed by atoms with Crippen LogP contribution in [0.15, 0.2) is 5.38 Å². The van der Waals surface area contributed by atoms with Crippen LogP contribution in [0.5, 0.6) is 0 Å². The molecule has 1 aromatic rings. The lowest BCUT2D eigenvalue weighted by Gasteiger charge is -2.30. The SMILES string of the molecule is Cc1nc(CNS(=O)(=O)N2CCCC(CO)C2)cs1. The van der Waals surface area contributed by atoms with E-state index in [2.05, 4.69) is 9.71 Å². The summed E-state index contributed by atoms with van der Waals surface area (Å²) in [6.45, 7) is 3.05. The molecule has 2 rings (SSSR count). The molecular weight excluding hydrogens is 286 g/mol. The number of hydrogen-bond donors (Lipinski definition) is 2. The summed E-state index contributed by atoms with van der Waals surface area (Å²) in [4.78, 5) is 4.22. The van der Waals surface area contributed by atoms with Gasteiger partial charge in [0.25, 0.3) is 10.2 Å². The molecule has 0 aliphatic carbocycles. The molecule has 2 N–H and O–H groups in total. The smallest absolute Gasteiger partial charge is 0.279 e. The molecule has 2 heterocycles. The quantitative estimate of drug-likeness (QED) is 0.829. The first-order valence-electron chi connectivity index (χ1n) is 6.28. The number of thiazole rings is 1. The molecule has 0 bridgehead atoms. The molecule has 1 aromatic heterocycles. The first-order chi connectivity index (χ1) is 9.01. The number of aliphatic hydroxyl groups is 1. The van der Waals surface area contributed by atoms with Crippen LogP contribution in [0.25, 0.3) is 0 Å². The largest absolute Gasteiger partial charge is 0.396 e. The Labute approximate surface area is 117 Å². The molecule has 19 heavy (non-hydrogen) atoms. The summed E-state index contributed by atoms with van der Waals surface area (Å²) in [5, 5.41) is 11.9. The van der Waals surface area contributed by atoms with Gasteiger partial charge in [0.05, 0.1) is 17.2 Å². The third kappa shape index (κ3) is 3.96. The number of aliphatic hydroxyl groups excluding tert-OH is 1. The topological polar surface area (TPSA) is 82.5 Å².